The highest BCUT2D eigenvalue weighted by molar-refractivity contribution is 6.30. The number of hydrogen-bond acceptors (Lipinski definition) is 4. The number of rotatable bonds is 4. The maximum atomic E-state index is 13.4. The molecule has 2 heterocycles. The third-order valence-corrected chi connectivity index (χ3v) is 4.13. The Morgan fingerprint density at radius 3 is 2.62 bits per heavy atom. The van der Waals surface area contributed by atoms with Crippen molar-refractivity contribution in [2.75, 3.05) is 0 Å². The van der Waals surface area contributed by atoms with Crippen molar-refractivity contribution in [3.63, 3.8) is 0 Å². The first-order valence-electron chi connectivity index (χ1n) is 7.28. The fraction of sp³-hybridized carbons (Fsp3) is 0.188. The zero-order valence-electron chi connectivity index (χ0n) is 13.0. The molecule has 1 atom stereocenters. The lowest BCUT2D eigenvalue weighted by atomic mass is 10.1. The van der Waals surface area contributed by atoms with Crippen molar-refractivity contribution in [1.29, 1.82) is 0 Å². The van der Waals surface area contributed by atoms with Crippen LogP contribution in [0, 0.1) is 0 Å². The smallest absolute Gasteiger partial charge is 0.382 e. The topological polar surface area (TPSA) is 63.8 Å². The number of benzene rings is 1. The zero-order chi connectivity index (χ0) is 18.9. The van der Waals surface area contributed by atoms with Gasteiger partial charge in [0.1, 0.15) is 23.3 Å². The number of nitrogens with zero attached hydrogens (tertiary/aromatic N) is 4. The van der Waals surface area contributed by atoms with Crippen molar-refractivity contribution >= 4 is 23.2 Å². The molecule has 0 spiro atoms. The Bertz CT molecular complexity index is 930. The van der Waals surface area contributed by atoms with Gasteiger partial charge in [-0.15, -0.1) is 0 Å². The number of aromatic nitrogens is 4. The lowest BCUT2D eigenvalue weighted by molar-refractivity contribution is -0.144. The molecule has 1 aromatic carbocycles. The van der Waals surface area contributed by atoms with Crippen LogP contribution >= 0.6 is 23.2 Å². The van der Waals surface area contributed by atoms with Crippen LogP contribution in [0.3, 0.4) is 0 Å². The van der Waals surface area contributed by atoms with Crippen LogP contribution < -0.4 is 0 Å². The second kappa shape index (κ2) is 7.22. The number of halogens is 5. The van der Waals surface area contributed by atoms with E-state index in [0.717, 1.165) is 17.1 Å². The monoisotopic (exact) mass is 402 g/mol. The lowest BCUT2D eigenvalue weighted by Crippen LogP contribution is -2.15. The van der Waals surface area contributed by atoms with Crippen molar-refractivity contribution < 1.29 is 18.3 Å². The van der Waals surface area contributed by atoms with E-state index in [1.165, 1.54) is 6.20 Å². The maximum absolute atomic E-state index is 13.4. The molecule has 0 saturated heterocycles. The second-order valence-corrected chi connectivity index (χ2v) is 6.21. The summed E-state index contributed by atoms with van der Waals surface area (Å²) in [5, 5.41) is 14.6. The molecular formula is C16H11Cl2F3N4O. The molecule has 3 rings (SSSR count). The van der Waals surface area contributed by atoms with E-state index in [-0.39, 0.29) is 23.0 Å². The summed E-state index contributed by atoms with van der Waals surface area (Å²) >= 11 is 11.7. The van der Waals surface area contributed by atoms with Gasteiger partial charge in [-0.3, -0.25) is 4.68 Å². The number of aliphatic hydroxyl groups excluding tert-OH is 1. The van der Waals surface area contributed by atoms with Gasteiger partial charge in [-0.1, -0.05) is 35.3 Å². The summed E-state index contributed by atoms with van der Waals surface area (Å²) in [6.45, 7) is -0.166. The molecule has 0 amide bonds. The lowest BCUT2D eigenvalue weighted by Gasteiger charge is -2.10. The molecule has 3 aromatic rings. The highest BCUT2D eigenvalue weighted by atomic mass is 35.5. The Morgan fingerprint density at radius 2 is 1.96 bits per heavy atom. The van der Waals surface area contributed by atoms with Crippen LogP contribution in [0.4, 0.5) is 13.2 Å². The van der Waals surface area contributed by atoms with Crippen molar-refractivity contribution in [3.05, 3.63) is 75.5 Å². The minimum Gasteiger partial charge on any atom is -0.382 e. The third kappa shape index (κ3) is 3.98. The van der Waals surface area contributed by atoms with Crippen LogP contribution in [0.1, 0.15) is 28.6 Å². The number of alkyl halides is 3. The molecule has 1 N–H and O–H groups in total. The van der Waals surface area contributed by atoms with Crippen LogP contribution in [0.2, 0.25) is 10.2 Å². The first-order valence-corrected chi connectivity index (χ1v) is 8.04. The van der Waals surface area contributed by atoms with E-state index < -0.39 is 18.0 Å². The van der Waals surface area contributed by atoms with Gasteiger partial charge in [0.2, 0.25) is 0 Å². The highest BCUT2D eigenvalue weighted by Gasteiger charge is 2.37. The summed E-state index contributed by atoms with van der Waals surface area (Å²) in [7, 11) is 0. The van der Waals surface area contributed by atoms with Gasteiger partial charge in [0.25, 0.3) is 0 Å². The molecule has 0 fully saturated rings. The molecule has 5 nitrogen and oxygen atoms in total. The summed E-state index contributed by atoms with van der Waals surface area (Å²) in [6.07, 6.45) is -3.76. The predicted octanol–water partition coefficient (Wildman–Crippen LogP) is 4.13. The van der Waals surface area contributed by atoms with Gasteiger partial charge in [-0.05, 0) is 23.8 Å². The van der Waals surface area contributed by atoms with Gasteiger partial charge >= 0.3 is 6.18 Å². The molecule has 0 aliphatic carbocycles. The SMILES string of the molecule is OC(c1cc(C(F)(F)F)n(Cc2cccc(Cl)c2)n1)c1cncnc1Cl. The largest absolute Gasteiger partial charge is 0.433 e. The summed E-state index contributed by atoms with van der Waals surface area (Å²) in [4.78, 5) is 7.42. The standard InChI is InChI=1S/C16H11Cl2F3N4O/c17-10-3-1-2-9(4-10)7-25-13(16(19,20)21)5-12(24-25)14(26)11-6-22-8-23-15(11)18/h1-6,8,14,26H,7H2. The summed E-state index contributed by atoms with van der Waals surface area (Å²) < 4.78 is 40.9. The van der Waals surface area contributed by atoms with Crippen molar-refractivity contribution in [2.24, 2.45) is 0 Å². The number of aliphatic hydroxyl groups is 1. The molecule has 2 aromatic heterocycles. The average molecular weight is 403 g/mol. The van der Waals surface area contributed by atoms with E-state index in [2.05, 4.69) is 15.1 Å². The van der Waals surface area contributed by atoms with Crippen molar-refractivity contribution in [1.82, 2.24) is 19.7 Å². The van der Waals surface area contributed by atoms with E-state index in [1.807, 2.05) is 0 Å². The van der Waals surface area contributed by atoms with E-state index in [1.54, 1.807) is 24.3 Å². The Morgan fingerprint density at radius 1 is 1.19 bits per heavy atom. The molecule has 0 bridgehead atoms. The van der Waals surface area contributed by atoms with Crippen LogP contribution in [-0.2, 0) is 12.7 Å². The van der Waals surface area contributed by atoms with E-state index >= 15 is 0 Å². The Balaban J connectivity index is 2.01. The molecule has 0 aliphatic rings. The molecule has 0 saturated carbocycles. The van der Waals surface area contributed by atoms with Gasteiger partial charge in [-0.2, -0.15) is 18.3 Å². The zero-order valence-corrected chi connectivity index (χ0v) is 14.5. The average Bonchev–Trinajstić information content (AvgIpc) is 2.99. The van der Waals surface area contributed by atoms with Crippen LogP contribution in [0.15, 0.2) is 42.9 Å². The fourth-order valence-corrected chi connectivity index (χ4v) is 2.80. The van der Waals surface area contributed by atoms with Gasteiger partial charge in [0.05, 0.1) is 12.2 Å². The van der Waals surface area contributed by atoms with Gasteiger partial charge in [0.15, 0.2) is 0 Å². The molecular weight excluding hydrogens is 392 g/mol. The van der Waals surface area contributed by atoms with Crippen LogP contribution in [-0.4, -0.2) is 24.9 Å². The quantitative estimate of drug-likeness (QED) is 0.666. The Hall–Kier alpha value is -2.16. The summed E-state index contributed by atoms with van der Waals surface area (Å²) in [6, 6.07) is 7.20. The van der Waals surface area contributed by atoms with Gasteiger partial charge in [0, 0.05) is 16.8 Å². The van der Waals surface area contributed by atoms with Crippen molar-refractivity contribution in [3.8, 4) is 0 Å². The normalized spacial score (nSPS) is 13.0. The maximum Gasteiger partial charge on any atom is 0.433 e. The van der Waals surface area contributed by atoms with E-state index in [9.17, 15) is 18.3 Å². The van der Waals surface area contributed by atoms with E-state index in [0.29, 0.717) is 10.6 Å². The molecule has 10 heteroatoms. The number of hydrogen-bond donors (Lipinski definition) is 1. The summed E-state index contributed by atoms with van der Waals surface area (Å²) in [5.74, 6) is 0. The highest BCUT2D eigenvalue weighted by Crippen LogP contribution is 2.33. The van der Waals surface area contributed by atoms with E-state index in [4.69, 9.17) is 23.2 Å². The Labute approximate surface area is 156 Å². The third-order valence-electron chi connectivity index (χ3n) is 3.57. The van der Waals surface area contributed by atoms with Crippen molar-refractivity contribution in [2.45, 2.75) is 18.8 Å². The van der Waals surface area contributed by atoms with Gasteiger partial charge in [-0.25, -0.2) is 9.97 Å². The van der Waals surface area contributed by atoms with Gasteiger partial charge < -0.3 is 5.11 Å². The predicted molar refractivity (Wildman–Crippen MR) is 88.9 cm³/mol. The minimum atomic E-state index is -4.65. The van der Waals surface area contributed by atoms with Crippen LogP contribution in [0.25, 0.3) is 0 Å². The van der Waals surface area contributed by atoms with Crippen LogP contribution in [0.5, 0.6) is 0 Å². The second-order valence-electron chi connectivity index (χ2n) is 5.41. The molecule has 0 aliphatic heterocycles. The molecule has 26 heavy (non-hydrogen) atoms. The molecule has 0 radical (unpaired) electrons. The fourth-order valence-electron chi connectivity index (χ4n) is 2.40. The molecule has 136 valence electrons. The molecule has 1 unspecified atom stereocenters. The summed E-state index contributed by atoms with van der Waals surface area (Å²) in [5.41, 5.74) is -0.612. The first-order chi connectivity index (χ1) is 12.3. The Kier molecular flexibility index (Phi) is 5.17. The first kappa shape index (κ1) is 18.6. The minimum absolute atomic E-state index is 0.0644.